The molecule has 2 aromatic rings. The number of hydrogen-bond donors (Lipinski definition) is 1. The molecule has 2 aromatic carbocycles. The lowest BCUT2D eigenvalue weighted by Gasteiger charge is -2.25. The second-order valence-electron chi connectivity index (χ2n) is 6.18. The van der Waals surface area contributed by atoms with E-state index in [1.54, 1.807) is 30.3 Å². The highest BCUT2D eigenvalue weighted by atomic mass is 16.5. The lowest BCUT2D eigenvalue weighted by atomic mass is 9.97. The third kappa shape index (κ3) is 4.51. The van der Waals surface area contributed by atoms with Crippen LogP contribution in [-0.2, 0) is 16.0 Å². The van der Waals surface area contributed by atoms with Crippen molar-refractivity contribution < 1.29 is 19.1 Å². The molecule has 1 atom stereocenters. The second-order valence-corrected chi connectivity index (χ2v) is 6.18. The minimum atomic E-state index is -0.380. The second kappa shape index (κ2) is 8.34. The molecule has 134 valence electrons. The Bertz CT molecular complexity index is 811. The molecule has 0 saturated heterocycles. The fraction of sp³-hybridized carbons (Fsp3) is 0.238. The SMILES string of the molecule is COC(=O)c1ccc(/C=C/C(=O)NCC2COc3ccccc3C2)cc1. The van der Waals surface area contributed by atoms with Crippen molar-refractivity contribution in [2.75, 3.05) is 20.3 Å². The highest BCUT2D eigenvalue weighted by Crippen LogP contribution is 2.26. The van der Waals surface area contributed by atoms with E-state index in [0.29, 0.717) is 18.7 Å². The lowest BCUT2D eigenvalue weighted by molar-refractivity contribution is -0.116. The van der Waals surface area contributed by atoms with E-state index in [-0.39, 0.29) is 17.8 Å². The van der Waals surface area contributed by atoms with Gasteiger partial charge < -0.3 is 14.8 Å². The lowest BCUT2D eigenvalue weighted by Crippen LogP contribution is -2.33. The zero-order valence-corrected chi connectivity index (χ0v) is 14.6. The van der Waals surface area contributed by atoms with Gasteiger partial charge >= 0.3 is 5.97 Å². The van der Waals surface area contributed by atoms with E-state index in [4.69, 9.17) is 4.74 Å². The number of carbonyl (C=O) groups excluding carboxylic acids is 2. The van der Waals surface area contributed by atoms with E-state index in [9.17, 15) is 9.59 Å². The maximum Gasteiger partial charge on any atom is 0.337 e. The van der Waals surface area contributed by atoms with Crippen LogP contribution in [0.1, 0.15) is 21.5 Å². The first-order valence-corrected chi connectivity index (χ1v) is 8.50. The normalized spacial score (nSPS) is 15.8. The van der Waals surface area contributed by atoms with E-state index in [2.05, 4.69) is 16.1 Å². The number of benzene rings is 2. The zero-order valence-electron chi connectivity index (χ0n) is 14.6. The third-order valence-electron chi connectivity index (χ3n) is 4.28. The van der Waals surface area contributed by atoms with Crippen molar-refractivity contribution in [1.82, 2.24) is 5.32 Å². The summed E-state index contributed by atoms with van der Waals surface area (Å²) in [7, 11) is 1.34. The number of nitrogens with one attached hydrogen (secondary N) is 1. The van der Waals surface area contributed by atoms with Gasteiger partial charge in [0.15, 0.2) is 0 Å². The molecule has 0 aromatic heterocycles. The minimum Gasteiger partial charge on any atom is -0.493 e. The quantitative estimate of drug-likeness (QED) is 0.665. The van der Waals surface area contributed by atoms with Gasteiger partial charge in [-0.05, 0) is 41.8 Å². The molecule has 1 unspecified atom stereocenters. The Morgan fingerprint density at radius 3 is 2.73 bits per heavy atom. The van der Waals surface area contributed by atoms with Crippen molar-refractivity contribution in [3.8, 4) is 5.75 Å². The number of esters is 1. The third-order valence-corrected chi connectivity index (χ3v) is 4.28. The standard InChI is InChI=1S/C21H21NO4/c1-25-21(24)17-9-6-15(7-10-17)8-11-20(23)22-13-16-12-18-4-2-3-5-19(18)26-14-16/h2-11,16H,12-14H2,1H3,(H,22,23)/b11-8+. The summed E-state index contributed by atoms with van der Waals surface area (Å²) in [4.78, 5) is 23.4. The molecule has 1 aliphatic heterocycles. The van der Waals surface area contributed by atoms with Crippen molar-refractivity contribution in [3.05, 3.63) is 71.3 Å². The van der Waals surface area contributed by atoms with Crippen LogP contribution in [0.2, 0.25) is 0 Å². The summed E-state index contributed by atoms with van der Waals surface area (Å²) < 4.78 is 10.4. The van der Waals surface area contributed by atoms with Gasteiger partial charge in [0.1, 0.15) is 5.75 Å². The van der Waals surface area contributed by atoms with Gasteiger partial charge in [-0.25, -0.2) is 4.79 Å². The van der Waals surface area contributed by atoms with Gasteiger partial charge in [0, 0.05) is 18.5 Å². The summed E-state index contributed by atoms with van der Waals surface area (Å²) >= 11 is 0. The van der Waals surface area contributed by atoms with Crippen LogP contribution in [0.4, 0.5) is 0 Å². The largest absolute Gasteiger partial charge is 0.493 e. The summed E-state index contributed by atoms with van der Waals surface area (Å²) in [5.41, 5.74) is 2.49. The van der Waals surface area contributed by atoms with Gasteiger partial charge in [-0.2, -0.15) is 0 Å². The molecular weight excluding hydrogens is 330 g/mol. The van der Waals surface area contributed by atoms with Crippen molar-refractivity contribution in [2.45, 2.75) is 6.42 Å². The van der Waals surface area contributed by atoms with Gasteiger partial charge in [0.25, 0.3) is 0 Å². The monoisotopic (exact) mass is 351 g/mol. The predicted molar refractivity (Wildman–Crippen MR) is 99.0 cm³/mol. The number of fused-ring (bicyclic) bond motifs is 1. The summed E-state index contributed by atoms with van der Waals surface area (Å²) in [6, 6.07) is 14.9. The molecule has 1 aliphatic rings. The molecule has 1 N–H and O–H groups in total. The first-order chi connectivity index (χ1) is 12.7. The molecular formula is C21H21NO4. The number of hydrogen-bond acceptors (Lipinski definition) is 4. The molecule has 0 radical (unpaired) electrons. The first-order valence-electron chi connectivity index (χ1n) is 8.50. The van der Waals surface area contributed by atoms with Crippen molar-refractivity contribution in [3.63, 3.8) is 0 Å². The molecule has 26 heavy (non-hydrogen) atoms. The molecule has 3 rings (SSSR count). The fourth-order valence-electron chi connectivity index (χ4n) is 2.85. The van der Waals surface area contributed by atoms with Crippen LogP contribution < -0.4 is 10.1 Å². The van der Waals surface area contributed by atoms with E-state index in [1.807, 2.05) is 18.2 Å². The van der Waals surface area contributed by atoms with E-state index >= 15 is 0 Å². The zero-order chi connectivity index (χ0) is 18.4. The van der Waals surface area contributed by atoms with E-state index in [1.165, 1.54) is 18.7 Å². The van der Waals surface area contributed by atoms with Crippen LogP contribution in [0.15, 0.2) is 54.6 Å². The van der Waals surface area contributed by atoms with Gasteiger partial charge in [-0.3, -0.25) is 4.79 Å². The average molecular weight is 351 g/mol. The van der Waals surface area contributed by atoms with E-state index < -0.39 is 0 Å². The highest BCUT2D eigenvalue weighted by Gasteiger charge is 2.19. The van der Waals surface area contributed by atoms with E-state index in [0.717, 1.165) is 17.7 Å². The summed E-state index contributed by atoms with van der Waals surface area (Å²) in [5, 5.41) is 2.91. The number of methoxy groups -OCH3 is 1. The molecule has 1 heterocycles. The van der Waals surface area contributed by atoms with Gasteiger partial charge in [0.05, 0.1) is 19.3 Å². The molecule has 0 bridgehead atoms. The Hall–Kier alpha value is -3.08. The van der Waals surface area contributed by atoms with Crippen LogP contribution >= 0.6 is 0 Å². The Kier molecular flexibility index (Phi) is 5.69. The molecule has 0 saturated carbocycles. The summed E-state index contributed by atoms with van der Waals surface area (Å²) in [5.74, 6) is 0.669. The molecule has 5 heteroatoms. The van der Waals surface area contributed by atoms with Gasteiger partial charge in [-0.1, -0.05) is 30.3 Å². The maximum absolute atomic E-state index is 12.0. The Morgan fingerprint density at radius 2 is 1.96 bits per heavy atom. The number of amides is 1. The summed E-state index contributed by atoms with van der Waals surface area (Å²) in [6.45, 7) is 1.18. The number of para-hydroxylation sites is 1. The number of carbonyl (C=O) groups is 2. The smallest absolute Gasteiger partial charge is 0.337 e. The number of rotatable bonds is 5. The first kappa shape index (κ1) is 17.7. The molecule has 0 spiro atoms. The van der Waals surface area contributed by atoms with Crippen molar-refractivity contribution >= 4 is 18.0 Å². The Balaban J connectivity index is 1.48. The minimum absolute atomic E-state index is 0.152. The summed E-state index contributed by atoms with van der Waals surface area (Å²) in [6.07, 6.45) is 4.10. The van der Waals surface area contributed by atoms with Crippen molar-refractivity contribution in [2.24, 2.45) is 5.92 Å². The predicted octanol–water partition coefficient (Wildman–Crippen LogP) is 2.85. The van der Waals surface area contributed by atoms with Crippen LogP contribution in [0.25, 0.3) is 6.08 Å². The topological polar surface area (TPSA) is 64.6 Å². The van der Waals surface area contributed by atoms with Gasteiger partial charge in [-0.15, -0.1) is 0 Å². The van der Waals surface area contributed by atoms with Gasteiger partial charge in [0.2, 0.25) is 5.91 Å². The average Bonchev–Trinajstić information content (AvgIpc) is 2.70. The van der Waals surface area contributed by atoms with Crippen LogP contribution in [-0.4, -0.2) is 32.1 Å². The highest BCUT2D eigenvalue weighted by molar-refractivity contribution is 5.92. The molecule has 5 nitrogen and oxygen atoms in total. The molecule has 0 aliphatic carbocycles. The molecule has 0 fully saturated rings. The van der Waals surface area contributed by atoms with Crippen LogP contribution in [0.3, 0.4) is 0 Å². The van der Waals surface area contributed by atoms with Crippen LogP contribution in [0, 0.1) is 5.92 Å². The maximum atomic E-state index is 12.0. The number of ether oxygens (including phenoxy) is 2. The van der Waals surface area contributed by atoms with Crippen molar-refractivity contribution in [1.29, 1.82) is 0 Å². The van der Waals surface area contributed by atoms with Crippen LogP contribution in [0.5, 0.6) is 5.75 Å². The fourth-order valence-corrected chi connectivity index (χ4v) is 2.85. The Morgan fingerprint density at radius 1 is 1.19 bits per heavy atom. The Labute approximate surface area is 152 Å². The molecule has 1 amide bonds.